The smallest absolute Gasteiger partial charge is 0.309 e. The first-order valence-electron chi connectivity index (χ1n) is 25.0. The number of rotatable bonds is 17. The number of pyridine rings is 2. The number of carboxylic acid groups (broad SMARTS) is 1. The summed E-state index contributed by atoms with van der Waals surface area (Å²) in [7, 11) is 1.00. The molecule has 4 N–H and O–H groups in total. The first-order chi connectivity index (χ1) is 35.5. The van der Waals surface area contributed by atoms with E-state index >= 15 is 0 Å². The van der Waals surface area contributed by atoms with Crippen LogP contribution in [0.4, 0.5) is 8.78 Å². The molecule has 0 aliphatic heterocycles. The van der Waals surface area contributed by atoms with Crippen LogP contribution in [0.25, 0.3) is 22.3 Å². The van der Waals surface area contributed by atoms with E-state index in [0.717, 1.165) is 86.7 Å². The van der Waals surface area contributed by atoms with Gasteiger partial charge in [-0.05, 0) is 188 Å². The predicted octanol–water partition coefficient (Wildman–Crippen LogP) is 9.71. The van der Waals surface area contributed by atoms with Crippen molar-refractivity contribution < 1.29 is 62.5 Å². The van der Waals surface area contributed by atoms with Crippen molar-refractivity contribution in [2.24, 2.45) is 23.7 Å². The van der Waals surface area contributed by atoms with Gasteiger partial charge in [-0.25, -0.2) is 18.7 Å². The quantitative estimate of drug-likeness (QED) is 0.0634. The fourth-order valence-electron chi connectivity index (χ4n) is 10.9. The standard InChI is InChI=1S/C30H32FNO5.C28H28FNO5.CH4O/c1-5-35-30(34)29-23-11-20-12-26(32-13-24(20)28(23)29)37-15-21-10-19(6-7-25(21)31)27-16(2)8-22(9-17(27)3)36-14-18(4)33;1-14-6-20(34-12-16(3)31)7-15(2)25(14)17-4-5-23(29)19(8-17)13-35-24-10-18-9-21-26(22(18)11-30-24)27(21)28(32)33;1-2/h6-10,12-13,18,23,28-29,33H,5,11,14-15H2,1-4H3;4-8,10-11,16,21,26-27,31H,9,12-13H2,1-3H3,(H,32,33);2H,1H3/t18-,23+,28+,29-;16-,21+,26+,27-;/m00./s1. The lowest BCUT2D eigenvalue weighted by Gasteiger charge is -2.16. The highest BCUT2D eigenvalue weighted by Crippen LogP contribution is 2.62. The van der Waals surface area contributed by atoms with Gasteiger partial charge < -0.3 is 44.1 Å². The molecule has 74 heavy (non-hydrogen) atoms. The molecule has 0 bridgehead atoms. The number of aliphatic hydroxyl groups excluding tert-OH is 3. The molecule has 8 atom stereocenters. The molecule has 6 aromatic rings. The van der Waals surface area contributed by atoms with Crippen molar-refractivity contribution in [2.75, 3.05) is 26.9 Å². The van der Waals surface area contributed by atoms with Gasteiger partial charge in [-0.2, -0.15) is 0 Å². The van der Waals surface area contributed by atoms with Gasteiger partial charge in [0.05, 0.1) is 30.7 Å². The van der Waals surface area contributed by atoms with Crippen LogP contribution < -0.4 is 18.9 Å². The van der Waals surface area contributed by atoms with Gasteiger partial charge in [-0.3, -0.25) is 9.59 Å². The van der Waals surface area contributed by atoms with E-state index in [-0.39, 0.29) is 79.5 Å². The van der Waals surface area contributed by atoms with Crippen LogP contribution in [0.5, 0.6) is 23.3 Å². The summed E-state index contributed by atoms with van der Waals surface area (Å²) in [4.78, 5) is 32.2. The average molecular weight is 1020 g/mol. The van der Waals surface area contributed by atoms with Crippen molar-refractivity contribution in [2.45, 2.75) is 98.6 Å². The maximum atomic E-state index is 14.7. The number of carbonyl (C=O) groups is 2. The van der Waals surface area contributed by atoms with Crippen LogP contribution >= 0.6 is 0 Å². The third-order valence-electron chi connectivity index (χ3n) is 14.2. The Morgan fingerprint density at radius 2 is 1.03 bits per heavy atom. The number of halogens is 2. The topological polar surface area (TPSA) is 187 Å². The van der Waals surface area contributed by atoms with Crippen LogP contribution in [-0.4, -0.2) is 81.5 Å². The molecule has 4 aliphatic rings. The van der Waals surface area contributed by atoms with Crippen LogP contribution in [0.15, 0.2) is 85.2 Å². The van der Waals surface area contributed by atoms with E-state index in [0.29, 0.717) is 41.0 Å². The van der Waals surface area contributed by atoms with Crippen molar-refractivity contribution in [1.29, 1.82) is 0 Å². The van der Waals surface area contributed by atoms with Crippen molar-refractivity contribution in [3.8, 4) is 45.5 Å². The van der Waals surface area contributed by atoms with E-state index in [2.05, 4.69) is 9.97 Å². The Hall–Kier alpha value is -6.94. The molecular weight excluding hydrogens is 951 g/mol. The molecule has 4 aromatic carbocycles. The Morgan fingerprint density at radius 1 is 0.622 bits per heavy atom. The molecule has 13 nitrogen and oxygen atoms in total. The Labute approximate surface area is 430 Å². The maximum absolute atomic E-state index is 14.7. The van der Waals surface area contributed by atoms with E-state index in [1.54, 1.807) is 44.4 Å². The largest absolute Gasteiger partial charge is 0.491 e. The highest BCUT2D eigenvalue weighted by Gasteiger charge is 2.61. The number of aliphatic hydroxyl groups is 3. The summed E-state index contributed by atoms with van der Waals surface area (Å²) in [5.41, 5.74) is 12.9. The van der Waals surface area contributed by atoms with Gasteiger partial charge in [0.2, 0.25) is 11.8 Å². The van der Waals surface area contributed by atoms with Crippen LogP contribution in [-0.2, 0) is 40.4 Å². The summed E-state index contributed by atoms with van der Waals surface area (Å²) in [6.07, 6.45) is 3.92. The summed E-state index contributed by atoms with van der Waals surface area (Å²) in [6.45, 7) is 14.0. The lowest BCUT2D eigenvalue weighted by Crippen LogP contribution is -2.13. The van der Waals surface area contributed by atoms with Crippen LogP contribution in [0.3, 0.4) is 0 Å². The number of aryl methyl sites for hydroxylation is 4. The predicted molar refractivity (Wildman–Crippen MR) is 273 cm³/mol. The van der Waals surface area contributed by atoms with Crippen molar-refractivity contribution >= 4 is 11.9 Å². The molecular formula is C59H64F2N2O11. The van der Waals surface area contributed by atoms with Gasteiger partial charge >= 0.3 is 11.9 Å². The van der Waals surface area contributed by atoms with Gasteiger partial charge in [0.25, 0.3) is 0 Å². The zero-order valence-electron chi connectivity index (χ0n) is 42.9. The number of benzene rings is 4. The minimum Gasteiger partial charge on any atom is -0.491 e. The number of esters is 1. The summed E-state index contributed by atoms with van der Waals surface area (Å²) < 4.78 is 57.5. The lowest BCUT2D eigenvalue weighted by molar-refractivity contribution is -0.145. The monoisotopic (exact) mass is 1010 g/mol. The molecule has 2 fully saturated rings. The van der Waals surface area contributed by atoms with Crippen molar-refractivity contribution in [3.63, 3.8) is 0 Å². The van der Waals surface area contributed by atoms with Crippen LogP contribution in [0, 0.1) is 63.0 Å². The molecule has 10 rings (SSSR count). The average Bonchev–Trinajstić information content (AvgIpc) is 4.18. The number of fused-ring (bicyclic) bond motifs is 6. The Kier molecular flexibility index (Phi) is 16.3. The number of aliphatic carboxylic acids is 1. The van der Waals surface area contributed by atoms with Gasteiger partial charge in [-0.15, -0.1) is 0 Å². The Bertz CT molecular complexity index is 3000. The minimum atomic E-state index is -0.742. The maximum Gasteiger partial charge on any atom is 0.309 e. The Balaban J connectivity index is 0.000000191. The normalized spacial score (nSPS) is 19.9. The summed E-state index contributed by atoms with van der Waals surface area (Å²) in [6, 6.07) is 21.5. The second kappa shape index (κ2) is 22.7. The van der Waals surface area contributed by atoms with E-state index in [9.17, 15) is 33.7 Å². The summed E-state index contributed by atoms with van der Waals surface area (Å²) in [5.74, 6) is 1.04. The van der Waals surface area contributed by atoms with Crippen LogP contribution in [0.1, 0.15) is 88.2 Å². The molecule has 4 aliphatic carbocycles. The summed E-state index contributed by atoms with van der Waals surface area (Å²) >= 11 is 0. The molecule has 0 radical (unpaired) electrons. The first-order valence-corrected chi connectivity index (χ1v) is 25.0. The van der Waals surface area contributed by atoms with Gasteiger partial charge in [-0.1, -0.05) is 12.1 Å². The molecule has 2 heterocycles. The number of hydrogen-bond acceptors (Lipinski definition) is 12. The minimum absolute atomic E-state index is 0.0315. The molecule has 0 unspecified atom stereocenters. The number of nitrogens with zero attached hydrogens (tertiary/aromatic N) is 2. The fourth-order valence-corrected chi connectivity index (χ4v) is 10.9. The third kappa shape index (κ3) is 11.5. The van der Waals surface area contributed by atoms with E-state index < -0.39 is 18.2 Å². The van der Waals surface area contributed by atoms with Crippen LogP contribution in [0.2, 0.25) is 0 Å². The SMILES string of the molecule is CCOC(=O)[C@H]1[C@@H]2Cc3cc(OCc4cc(-c5c(C)cc(OC[C@H](C)O)cc5C)ccc4F)ncc3[C@@H]21.CO.Cc1cc(OC[C@H](C)O)cc(C)c1-c1ccc(F)c(COc2cc3c(cn2)[C@H]2[C@@H](C3)[C@@H]2C(=O)O)c1. The lowest BCUT2D eigenvalue weighted by atomic mass is 9.94. The molecule has 390 valence electrons. The number of hydrogen-bond donors (Lipinski definition) is 4. The molecule has 0 saturated heterocycles. The molecule has 2 saturated carbocycles. The fraction of sp³-hybridized carbons (Fsp3) is 0.390. The second-order valence-electron chi connectivity index (χ2n) is 19.7. The highest BCUT2D eigenvalue weighted by atomic mass is 19.1. The van der Waals surface area contributed by atoms with E-state index in [1.807, 2.05) is 77.1 Å². The van der Waals surface area contributed by atoms with Gasteiger partial charge in [0, 0.05) is 54.6 Å². The second-order valence-corrected chi connectivity index (χ2v) is 19.7. The number of carbonyl (C=O) groups excluding carboxylic acids is 1. The Morgan fingerprint density at radius 3 is 1.42 bits per heavy atom. The van der Waals surface area contributed by atoms with Crippen molar-refractivity contribution in [3.05, 3.63) is 152 Å². The third-order valence-corrected chi connectivity index (χ3v) is 14.2. The van der Waals surface area contributed by atoms with Crippen molar-refractivity contribution in [1.82, 2.24) is 9.97 Å². The van der Waals surface area contributed by atoms with Gasteiger partial charge in [0.1, 0.15) is 49.6 Å². The zero-order valence-corrected chi connectivity index (χ0v) is 42.9. The zero-order chi connectivity index (χ0) is 53.1. The number of carboxylic acids is 1. The first kappa shape index (κ1) is 53.4. The number of ether oxygens (including phenoxy) is 5. The highest BCUT2D eigenvalue weighted by molar-refractivity contribution is 5.80. The van der Waals surface area contributed by atoms with Gasteiger partial charge in [0.15, 0.2) is 0 Å². The molecule has 2 aromatic heterocycles. The molecule has 0 spiro atoms. The van der Waals surface area contributed by atoms with E-state index in [4.69, 9.17) is 28.8 Å². The molecule has 0 amide bonds. The van der Waals surface area contributed by atoms with E-state index in [1.165, 1.54) is 12.1 Å². The number of aromatic nitrogens is 2. The summed E-state index contributed by atoms with van der Waals surface area (Å²) in [5, 5.41) is 35.2. The molecule has 15 heteroatoms.